The van der Waals surface area contributed by atoms with E-state index in [4.69, 9.17) is 9.72 Å². The van der Waals surface area contributed by atoms with E-state index in [0.717, 1.165) is 19.4 Å². The molecule has 3 nitrogen and oxygen atoms in total. The SMILES string of the molecule is COC1(c2nc(C)c(CNC(C)C)s2)CCCCCC1. The van der Waals surface area contributed by atoms with Crippen LogP contribution in [0.3, 0.4) is 0 Å². The van der Waals surface area contributed by atoms with Gasteiger partial charge in [-0.2, -0.15) is 0 Å². The fraction of sp³-hybridized carbons (Fsp3) is 0.812. The molecule has 1 aliphatic carbocycles. The molecule has 0 unspecified atom stereocenters. The van der Waals surface area contributed by atoms with E-state index in [2.05, 4.69) is 26.1 Å². The van der Waals surface area contributed by atoms with Crippen LogP contribution in [0.5, 0.6) is 0 Å². The van der Waals surface area contributed by atoms with Crippen molar-refractivity contribution in [2.45, 2.75) is 77.5 Å². The first-order valence-electron chi connectivity index (χ1n) is 7.83. The molecule has 0 aromatic carbocycles. The van der Waals surface area contributed by atoms with Crippen LogP contribution in [-0.4, -0.2) is 18.1 Å². The van der Waals surface area contributed by atoms with Gasteiger partial charge in [0.05, 0.1) is 5.69 Å². The Hall–Kier alpha value is -0.450. The third kappa shape index (κ3) is 3.60. The molecular weight excluding hydrogens is 268 g/mol. The first-order chi connectivity index (χ1) is 9.57. The van der Waals surface area contributed by atoms with Gasteiger partial charge in [0.2, 0.25) is 0 Å². The molecule has 0 spiro atoms. The zero-order valence-corrected chi connectivity index (χ0v) is 14.1. The first kappa shape index (κ1) is 15.9. The predicted molar refractivity (Wildman–Crippen MR) is 85.2 cm³/mol. The highest BCUT2D eigenvalue weighted by Crippen LogP contribution is 2.41. The Morgan fingerprint density at radius 3 is 2.45 bits per heavy atom. The lowest BCUT2D eigenvalue weighted by Gasteiger charge is -2.29. The maximum Gasteiger partial charge on any atom is 0.125 e. The van der Waals surface area contributed by atoms with Gasteiger partial charge in [0.1, 0.15) is 10.6 Å². The fourth-order valence-corrected chi connectivity index (χ4v) is 4.13. The lowest BCUT2D eigenvalue weighted by atomic mass is 9.95. The normalized spacial score (nSPS) is 19.2. The summed E-state index contributed by atoms with van der Waals surface area (Å²) in [6.07, 6.45) is 7.41. The van der Waals surface area contributed by atoms with Crippen molar-refractivity contribution >= 4 is 11.3 Å². The number of thiazole rings is 1. The third-order valence-electron chi connectivity index (χ3n) is 4.26. The highest BCUT2D eigenvalue weighted by molar-refractivity contribution is 7.11. The Labute approximate surface area is 127 Å². The van der Waals surface area contributed by atoms with Crippen molar-refractivity contribution in [1.29, 1.82) is 0 Å². The van der Waals surface area contributed by atoms with Gasteiger partial charge in [-0.15, -0.1) is 11.3 Å². The summed E-state index contributed by atoms with van der Waals surface area (Å²) in [6.45, 7) is 7.40. The van der Waals surface area contributed by atoms with Crippen LogP contribution in [0, 0.1) is 6.92 Å². The smallest absolute Gasteiger partial charge is 0.125 e. The van der Waals surface area contributed by atoms with Gasteiger partial charge in [0, 0.05) is 24.6 Å². The van der Waals surface area contributed by atoms with Crippen molar-refractivity contribution in [2.24, 2.45) is 0 Å². The van der Waals surface area contributed by atoms with E-state index in [1.807, 2.05) is 18.4 Å². The Kier molecular flexibility index (Phi) is 5.58. The zero-order valence-electron chi connectivity index (χ0n) is 13.3. The van der Waals surface area contributed by atoms with E-state index in [0.29, 0.717) is 6.04 Å². The maximum atomic E-state index is 5.97. The van der Waals surface area contributed by atoms with Crippen LogP contribution in [0.4, 0.5) is 0 Å². The molecule has 0 amide bonds. The molecule has 4 heteroatoms. The lowest BCUT2D eigenvalue weighted by Crippen LogP contribution is -2.27. The second-order valence-electron chi connectivity index (χ2n) is 6.18. The molecule has 1 saturated carbocycles. The molecule has 1 heterocycles. The molecule has 1 aliphatic rings. The molecular formula is C16H28N2OS. The number of aryl methyl sites for hydroxylation is 1. The minimum Gasteiger partial charge on any atom is -0.371 e. The average molecular weight is 296 g/mol. The highest BCUT2D eigenvalue weighted by atomic mass is 32.1. The molecule has 2 rings (SSSR count). The summed E-state index contributed by atoms with van der Waals surface area (Å²) in [6, 6.07) is 0.509. The van der Waals surface area contributed by atoms with E-state index in [-0.39, 0.29) is 5.60 Å². The Balaban J connectivity index is 2.19. The first-order valence-corrected chi connectivity index (χ1v) is 8.64. The maximum absolute atomic E-state index is 5.97. The molecule has 0 atom stereocenters. The number of hydrogen-bond donors (Lipinski definition) is 1. The second-order valence-corrected chi connectivity index (χ2v) is 7.26. The van der Waals surface area contributed by atoms with E-state index in [1.54, 1.807) is 0 Å². The van der Waals surface area contributed by atoms with Crippen molar-refractivity contribution in [3.8, 4) is 0 Å². The number of methoxy groups -OCH3 is 1. The fourth-order valence-electron chi connectivity index (χ4n) is 2.89. The van der Waals surface area contributed by atoms with Crippen LogP contribution >= 0.6 is 11.3 Å². The number of nitrogens with zero attached hydrogens (tertiary/aromatic N) is 1. The monoisotopic (exact) mass is 296 g/mol. The molecule has 0 aliphatic heterocycles. The van der Waals surface area contributed by atoms with Gasteiger partial charge in [0.25, 0.3) is 0 Å². The van der Waals surface area contributed by atoms with Crippen LogP contribution in [0.15, 0.2) is 0 Å². The van der Waals surface area contributed by atoms with E-state index >= 15 is 0 Å². The quantitative estimate of drug-likeness (QED) is 0.829. The van der Waals surface area contributed by atoms with Gasteiger partial charge in [-0.05, 0) is 19.8 Å². The standard InChI is InChI=1S/C16H28N2OS/c1-12(2)17-11-14-13(3)18-15(20-14)16(19-4)9-7-5-6-8-10-16/h12,17H,5-11H2,1-4H3. The molecule has 1 N–H and O–H groups in total. The molecule has 114 valence electrons. The zero-order chi connectivity index (χ0) is 14.6. The summed E-state index contributed by atoms with van der Waals surface area (Å²) in [5.74, 6) is 0. The topological polar surface area (TPSA) is 34.1 Å². The van der Waals surface area contributed by atoms with Gasteiger partial charge in [0.15, 0.2) is 0 Å². The van der Waals surface area contributed by atoms with Gasteiger partial charge in [-0.1, -0.05) is 39.5 Å². The van der Waals surface area contributed by atoms with Crippen molar-refractivity contribution in [2.75, 3.05) is 7.11 Å². The summed E-state index contributed by atoms with van der Waals surface area (Å²) in [5, 5.41) is 4.69. The van der Waals surface area contributed by atoms with Crippen LogP contribution < -0.4 is 5.32 Å². The van der Waals surface area contributed by atoms with Crippen molar-refractivity contribution in [1.82, 2.24) is 10.3 Å². The molecule has 0 bridgehead atoms. The molecule has 1 aromatic rings. The van der Waals surface area contributed by atoms with Crippen LogP contribution in [0.25, 0.3) is 0 Å². The number of aromatic nitrogens is 1. The predicted octanol–water partition coefficient (Wildman–Crippen LogP) is 4.15. The number of nitrogens with one attached hydrogen (secondary N) is 1. The van der Waals surface area contributed by atoms with Crippen LogP contribution in [0.1, 0.15) is 68.0 Å². The van der Waals surface area contributed by atoms with Gasteiger partial charge < -0.3 is 10.1 Å². The Morgan fingerprint density at radius 2 is 1.90 bits per heavy atom. The van der Waals surface area contributed by atoms with Crippen molar-refractivity contribution in [3.05, 3.63) is 15.6 Å². The largest absolute Gasteiger partial charge is 0.371 e. The third-order valence-corrected chi connectivity index (χ3v) is 5.60. The van der Waals surface area contributed by atoms with Crippen molar-refractivity contribution < 1.29 is 4.74 Å². The summed E-state index contributed by atoms with van der Waals surface area (Å²) in [5.41, 5.74) is 1.04. The molecule has 1 fully saturated rings. The number of hydrogen-bond acceptors (Lipinski definition) is 4. The van der Waals surface area contributed by atoms with Crippen LogP contribution in [0.2, 0.25) is 0 Å². The van der Waals surface area contributed by atoms with E-state index < -0.39 is 0 Å². The van der Waals surface area contributed by atoms with Gasteiger partial charge in [-0.25, -0.2) is 4.98 Å². The minimum atomic E-state index is -0.123. The molecule has 1 aromatic heterocycles. The summed E-state index contributed by atoms with van der Waals surface area (Å²) in [7, 11) is 1.86. The van der Waals surface area contributed by atoms with Gasteiger partial charge in [-0.3, -0.25) is 0 Å². The van der Waals surface area contributed by atoms with E-state index in [1.165, 1.54) is 41.3 Å². The summed E-state index contributed by atoms with van der Waals surface area (Å²) < 4.78 is 5.97. The molecule has 0 radical (unpaired) electrons. The molecule has 20 heavy (non-hydrogen) atoms. The summed E-state index contributed by atoms with van der Waals surface area (Å²) >= 11 is 1.84. The second kappa shape index (κ2) is 7.01. The Bertz CT molecular complexity index is 420. The molecule has 0 saturated heterocycles. The lowest BCUT2D eigenvalue weighted by molar-refractivity contribution is -0.0280. The highest BCUT2D eigenvalue weighted by Gasteiger charge is 2.36. The minimum absolute atomic E-state index is 0.123. The van der Waals surface area contributed by atoms with Crippen LogP contribution in [-0.2, 0) is 16.9 Å². The average Bonchev–Trinajstić information content (AvgIpc) is 2.65. The number of rotatable bonds is 5. The van der Waals surface area contributed by atoms with Crippen molar-refractivity contribution in [3.63, 3.8) is 0 Å². The number of ether oxygens (including phenoxy) is 1. The summed E-state index contributed by atoms with van der Waals surface area (Å²) in [4.78, 5) is 6.21. The van der Waals surface area contributed by atoms with Gasteiger partial charge >= 0.3 is 0 Å². The Morgan fingerprint density at radius 1 is 1.25 bits per heavy atom. The van der Waals surface area contributed by atoms with E-state index in [9.17, 15) is 0 Å².